The number of imidazole rings is 1. The zero-order chi connectivity index (χ0) is 17.2. The SMILES string of the molecule is CCOC(=O)c1c(Nc2ccccc2)nc2c3ccccc3ccn12. The van der Waals surface area contributed by atoms with Gasteiger partial charge >= 0.3 is 5.97 Å². The zero-order valence-corrected chi connectivity index (χ0v) is 13.8. The van der Waals surface area contributed by atoms with Crippen LogP contribution in [0.4, 0.5) is 11.5 Å². The number of fused-ring (bicyclic) bond motifs is 3. The van der Waals surface area contributed by atoms with E-state index in [0.29, 0.717) is 18.1 Å². The summed E-state index contributed by atoms with van der Waals surface area (Å²) in [5, 5.41) is 5.29. The molecule has 0 aliphatic heterocycles. The fourth-order valence-corrected chi connectivity index (χ4v) is 2.91. The van der Waals surface area contributed by atoms with E-state index in [-0.39, 0.29) is 0 Å². The van der Waals surface area contributed by atoms with Crippen LogP contribution < -0.4 is 5.32 Å². The lowest BCUT2D eigenvalue weighted by atomic mass is 10.2. The van der Waals surface area contributed by atoms with Crippen LogP contribution in [0.15, 0.2) is 66.9 Å². The molecule has 4 aromatic rings. The number of para-hydroxylation sites is 1. The topological polar surface area (TPSA) is 55.6 Å². The van der Waals surface area contributed by atoms with Gasteiger partial charge in [-0.2, -0.15) is 0 Å². The minimum atomic E-state index is -0.399. The molecule has 0 amide bonds. The summed E-state index contributed by atoms with van der Waals surface area (Å²) in [6, 6.07) is 19.6. The number of esters is 1. The van der Waals surface area contributed by atoms with E-state index in [1.807, 2.05) is 66.9 Å². The molecule has 2 heterocycles. The molecule has 0 saturated carbocycles. The maximum Gasteiger partial charge on any atom is 0.359 e. The molecular weight excluding hydrogens is 314 g/mol. The molecule has 4 rings (SSSR count). The molecule has 0 saturated heterocycles. The molecule has 2 aromatic carbocycles. The number of anilines is 2. The number of benzene rings is 2. The molecule has 25 heavy (non-hydrogen) atoms. The molecule has 0 unspecified atom stereocenters. The smallest absolute Gasteiger partial charge is 0.359 e. The summed E-state index contributed by atoms with van der Waals surface area (Å²) in [7, 11) is 0. The van der Waals surface area contributed by atoms with Gasteiger partial charge in [-0.25, -0.2) is 9.78 Å². The molecular formula is C20H17N3O2. The lowest BCUT2D eigenvalue weighted by Gasteiger charge is -2.07. The summed E-state index contributed by atoms with van der Waals surface area (Å²) in [6.07, 6.45) is 1.85. The first-order valence-electron chi connectivity index (χ1n) is 8.17. The highest BCUT2D eigenvalue weighted by molar-refractivity contribution is 6.00. The molecule has 2 aromatic heterocycles. The number of aromatic nitrogens is 2. The Bertz CT molecular complexity index is 1050. The van der Waals surface area contributed by atoms with Crippen LogP contribution >= 0.6 is 0 Å². The first-order chi connectivity index (χ1) is 12.3. The van der Waals surface area contributed by atoms with Gasteiger partial charge in [0.05, 0.1) is 6.61 Å². The molecule has 0 spiro atoms. The lowest BCUT2D eigenvalue weighted by molar-refractivity contribution is 0.0519. The Morgan fingerprint density at radius 3 is 2.64 bits per heavy atom. The van der Waals surface area contributed by atoms with Crippen molar-refractivity contribution in [2.45, 2.75) is 6.92 Å². The number of rotatable bonds is 4. The summed E-state index contributed by atoms with van der Waals surface area (Å²) in [6.45, 7) is 2.10. The van der Waals surface area contributed by atoms with Crippen molar-refractivity contribution in [2.75, 3.05) is 11.9 Å². The lowest BCUT2D eigenvalue weighted by Crippen LogP contribution is -2.10. The Morgan fingerprint density at radius 1 is 1.08 bits per heavy atom. The highest BCUT2D eigenvalue weighted by atomic mass is 16.5. The number of nitrogens with one attached hydrogen (secondary N) is 1. The van der Waals surface area contributed by atoms with Crippen molar-refractivity contribution in [3.8, 4) is 0 Å². The van der Waals surface area contributed by atoms with Crippen molar-refractivity contribution in [2.24, 2.45) is 0 Å². The average molecular weight is 331 g/mol. The van der Waals surface area contributed by atoms with Crippen molar-refractivity contribution >= 4 is 33.9 Å². The maximum atomic E-state index is 12.5. The molecule has 1 N–H and O–H groups in total. The number of hydrogen-bond donors (Lipinski definition) is 1. The molecule has 0 radical (unpaired) electrons. The number of carbonyl (C=O) groups is 1. The van der Waals surface area contributed by atoms with E-state index >= 15 is 0 Å². The largest absolute Gasteiger partial charge is 0.461 e. The number of carbonyl (C=O) groups excluding carboxylic acids is 1. The predicted molar refractivity (Wildman–Crippen MR) is 98.4 cm³/mol. The van der Waals surface area contributed by atoms with Gasteiger partial charge in [-0.3, -0.25) is 4.40 Å². The van der Waals surface area contributed by atoms with Crippen LogP contribution in [0.5, 0.6) is 0 Å². The van der Waals surface area contributed by atoms with Crippen molar-refractivity contribution < 1.29 is 9.53 Å². The molecule has 5 heteroatoms. The standard InChI is InChI=1S/C20H17N3O2/c1-2-25-20(24)17-18(21-15-9-4-3-5-10-15)22-19-16-11-7-6-8-14(16)12-13-23(17)19/h3-13,21H,2H2,1H3. The summed E-state index contributed by atoms with van der Waals surface area (Å²) in [4.78, 5) is 17.2. The van der Waals surface area contributed by atoms with Crippen LogP contribution in [0.2, 0.25) is 0 Å². The summed E-state index contributed by atoms with van der Waals surface area (Å²) < 4.78 is 7.03. The van der Waals surface area contributed by atoms with Crippen molar-refractivity contribution in [1.29, 1.82) is 0 Å². The summed E-state index contributed by atoms with van der Waals surface area (Å²) in [5.41, 5.74) is 1.98. The van der Waals surface area contributed by atoms with Crippen molar-refractivity contribution in [3.05, 3.63) is 72.6 Å². The van der Waals surface area contributed by atoms with E-state index < -0.39 is 5.97 Å². The quantitative estimate of drug-likeness (QED) is 0.563. The summed E-state index contributed by atoms with van der Waals surface area (Å²) in [5.74, 6) is 0.0877. The fraction of sp³-hybridized carbons (Fsp3) is 0.100. The van der Waals surface area contributed by atoms with E-state index in [0.717, 1.165) is 22.1 Å². The van der Waals surface area contributed by atoms with E-state index in [2.05, 4.69) is 5.32 Å². The highest BCUT2D eigenvalue weighted by Crippen LogP contribution is 2.27. The Morgan fingerprint density at radius 2 is 1.84 bits per heavy atom. The van der Waals surface area contributed by atoms with Gasteiger partial charge < -0.3 is 10.1 Å². The Hall–Kier alpha value is -3.34. The number of pyridine rings is 1. The van der Waals surface area contributed by atoms with Gasteiger partial charge in [0.15, 0.2) is 11.5 Å². The first-order valence-corrected chi connectivity index (χ1v) is 8.17. The third-order valence-electron chi connectivity index (χ3n) is 4.02. The summed E-state index contributed by atoms with van der Waals surface area (Å²) >= 11 is 0. The van der Waals surface area contributed by atoms with Crippen LogP contribution in [0.1, 0.15) is 17.4 Å². The number of nitrogens with zero attached hydrogens (tertiary/aromatic N) is 2. The van der Waals surface area contributed by atoms with Crippen molar-refractivity contribution in [3.63, 3.8) is 0 Å². The van der Waals surface area contributed by atoms with Crippen molar-refractivity contribution in [1.82, 2.24) is 9.38 Å². The molecule has 0 fully saturated rings. The fourth-order valence-electron chi connectivity index (χ4n) is 2.91. The van der Waals surface area contributed by atoms with E-state index in [1.54, 1.807) is 11.3 Å². The Labute approximate surface area is 144 Å². The molecule has 0 aliphatic rings. The second-order valence-corrected chi connectivity index (χ2v) is 5.62. The first kappa shape index (κ1) is 15.2. The van der Waals surface area contributed by atoms with Crippen LogP contribution in [0.25, 0.3) is 16.4 Å². The highest BCUT2D eigenvalue weighted by Gasteiger charge is 2.21. The molecule has 5 nitrogen and oxygen atoms in total. The average Bonchev–Trinajstić information content (AvgIpc) is 3.01. The monoisotopic (exact) mass is 331 g/mol. The minimum absolute atomic E-state index is 0.310. The third kappa shape index (κ3) is 2.70. The van der Waals surface area contributed by atoms with Gasteiger partial charge in [0.25, 0.3) is 0 Å². The molecule has 0 atom stereocenters. The predicted octanol–water partition coefficient (Wildman–Crippen LogP) is 4.41. The number of ether oxygens (including phenoxy) is 1. The van der Waals surface area contributed by atoms with Gasteiger partial charge in [0.1, 0.15) is 5.65 Å². The molecule has 0 bridgehead atoms. The van der Waals surface area contributed by atoms with Gasteiger partial charge in [-0.15, -0.1) is 0 Å². The minimum Gasteiger partial charge on any atom is -0.461 e. The van der Waals surface area contributed by atoms with Gasteiger partial charge in [0.2, 0.25) is 0 Å². The van der Waals surface area contributed by atoms with Crippen LogP contribution in [0, 0.1) is 0 Å². The number of hydrogen-bond acceptors (Lipinski definition) is 4. The maximum absolute atomic E-state index is 12.5. The van der Waals surface area contributed by atoms with Gasteiger partial charge in [-0.05, 0) is 30.5 Å². The van der Waals surface area contributed by atoms with E-state index in [1.165, 1.54) is 0 Å². The normalized spacial score (nSPS) is 10.9. The third-order valence-corrected chi connectivity index (χ3v) is 4.02. The van der Waals surface area contributed by atoms with Gasteiger partial charge in [-0.1, -0.05) is 42.5 Å². The zero-order valence-electron chi connectivity index (χ0n) is 13.8. The van der Waals surface area contributed by atoms with E-state index in [4.69, 9.17) is 9.72 Å². The second kappa shape index (κ2) is 6.28. The van der Waals surface area contributed by atoms with Crippen LogP contribution in [-0.2, 0) is 4.74 Å². The molecule has 0 aliphatic carbocycles. The second-order valence-electron chi connectivity index (χ2n) is 5.62. The van der Waals surface area contributed by atoms with Crippen LogP contribution in [-0.4, -0.2) is 22.0 Å². The van der Waals surface area contributed by atoms with E-state index in [9.17, 15) is 4.79 Å². The molecule has 124 valence electrons. The Balaban J connectivity index is 1.94. The van der Waals surface area contributed by atoms with Crippen LogP contribution in [0.3, 0.4) is 0 Å². The Kier molecular flexibility index (Phi) is 3.82. The van der Waals surface area contributed by atoms with Gasteiger partial charge in [0, 0.05) is 17.3 Å².